The maximum Gasteiger partial charge on any atom is 0.252 e. The summed E-state index contributed by atoms with van der Waals surface area (Å²) in [6.45, 7) is 22.5. The van der Waals surface area contributed by atoms with E-state index in [1.807, 2.05) is 0 Å². The van der Waals surface area contributed by atoms with Gasteiger partial charge in [0.1, 0.15) is 0 Å². The molecule has 2 heterocycles. The summed E-state index contributed by atoms with van der Waals surface area (Å²) in [6, 6.07) is 41.2. The molecule has 0 unspecified atom stereocenters. The molecule has 6 heteroatoms. The van der Waals surface area contributed by atoms with E-state index in [2.05, 4.69) is 172 Å². The third kappa shape index (κ3) is 6.11. The minimum atomic E-state index is -1.60. The number of rotatable bonds is 6. The highest BCUT2D eigenvalue weighted by Crippen LogP contribution is 2.46. The number of nitrogens with zero attached hydrogens (tertiary/aromatic N) is 2. The lowest BCUT2D eigenvalue weighted by atomic mass is 9.33. The molecule has 0 spiro atoms. The summed E-state index contributed by atoms with van der Waals surface area (Å²) in [4.78, 5) is 5.26. The van der Waals surface area contributed by atoms with Crippen molar-refractivity contribution in [3.8, 4) is 0 Å². The largest absolute Gasteiger partial charge is 0.311 e. The van der Waals surface area contributed by atoms with E-state index in [0.717, 1.165) is 0 Å². The monoisotopic (exact) mass is 718 g/mol. The maximum atomic E-state index is 2.65. The predicted molar refractivity (Wildman–Crippen MR) is 235 cm³/mol. The summed E-state index contributed by atoms with van der Waals surface area (Å²) in [5.41, 5.74) is 13.8. The molecular weight excluding hydrogens is 664 g/mol. The molecule has 2 nitrogen and oxygen atoms in total. The molecule has 0 radical (unpaired) electrons. The third-order valence-corrected chi connectivity index (χ3v) is 18.1. The van der Waals surface area contributed by atoms with Gasteiger partial charge in [-0.15, -0.1) is 0 Å². The van der Waals surface area contributed by atoms with Crippen LogP contribution in [0.4, 0.5) is 34.1 Å². The summed E-state index contributed by atoms with van der Waals surface area (Å²) in [7, 11) is -4.64. The second-order valence-corrected chi connectivity index (χ2v) is 33.8. The van der Waals surface area contributed by atoms with E-state index >= 15 is 0 Å². The van der Waals surface area contributed by atoms with Gasteiger partial charge in [-0.3, -0.25) is 0 Å². The van der Waals surface area contributed by atoms with E-state index < -0.39 is 24.2 Å². The number of benzene rings is 5. The minimum absolute atomic E-state index is 0.172. The average molecular weight is 719 g/mol. The highest BCUT2D eigenvalue weighted by Gasteiger charge is 2.45. The van der Waals surface area contributed by atoms with Crippen LogP contribution in [0, 0.1) is 0 Å². The zero-order chi connectivity index (χ0) is 35.9. The van der Waals surface area contributed by atoms with Gasteiger partial charge in [-0.25, -0.2) is 0 Å². The summed E-state index contributed by atoms with van der Waals surface area (Å²) in [6.07, 6.45) is 6.58. The topological polar surface area (TPSA) is 6.48 Å². The van der Waals surface area contributed by atoms with Gasteiger partial charge < -0.3 is 9.80 Å². The lowest BCUT2D eigenvalue weighted by Gasteiger charge is -2.45. The van der Waals surface area contributed by atoms with Crippen LogP contribution in [0.25, 0.3) is 0 Å². The van der Waals surface area contributed by atoms with Crippen LogP contribution in [0.15, 0.2) is 103 Å². The fraction of sp³-hybridized carbons (Fsp3) is 0.333. The van der Waals surface area contributed by atoms with Crippen LogP contribution in [0.1, 0.15) is 43.6 Å². The van der Waals surface area contributed by atoms with Gasteiger partial charge in [0.25, 0.3) is 6.71 Å². The predicted octanol–water partition coefficient (Wildman–Crippen LogP) is 9.45. The molecule has 3 aliphatic rings. The number of hydrogen-bond donors (Lipinski definition) is 0. The average Bonchev–Trinajstić information content (AvgIpc) is 3.10. The molecule has 0 N–H and O–H groups in total. The SMILES string of the molecule is C[Si](C)(C)c1ccc(N2c3ccc([Si](C)(C)C)cc3B3c4cc([Si](C)(C)C)ccc4N(c4ccccc4)c4cc(C5CCCCC5)cc2c43)cc1. The highest BCUT2D eigenvalue weighted by atomic mass is 28.3. The Kier molecular flexibility index (Phi) is 8.47. The number of para-hydroxylation sites is 1. The van der Waals surface area contributed by atoms with Gasteiger partial charge >= 0.3 is 0 Å². The molecule has 8 rings (SSSR count). The Morgan fingerprint density at radius 3 is 1.39 bits per heavy atom. The molecule has 5 aromatic carbocycles. The van der Waals surface area contributed by atoms with Crippen LogP contribution in [0.3, 0.4) is 0 Å². The minimum Gasteiger partial charge on any atom is -0.311 e. The van der Waals surface area contributed by atoms with Gasteiger partial charge in [-0.05, 0) is 89.2 Å². The van der Waals surface area contributed by atoms with Crippen LogP contribution in [-0.4, -0.2) is 30.9 Å². The molecule has 0 saturated heterocycles. The summed E-state index contributed by atoms with van der Waals surface area (Å²) in [5, 5.41) is 4.58. The van der Waals surface area contributed by atoms with E-state index in [1.54, 1.807) is 0 Å². The van der Waals surface area contributed by atoms with Crippen molar-refractivity contribution in [3.05, 3.63) is 109 Å². The Morgan fingerprint density at radius 1 is 0.471 bits per heavy atom. The second kappa shape index (κ2) is 12.5. The highest BCUT2D eigenvalue weighted by molar-refractivity contribution is 7.01. The molecule has 2 aliphatic heterocycles. The molecule has 1 aliphatic carbocycles. The maximum absolute atomic E-state index is 2.65. The van der Waals surface area contributed by atoms with E-state index in [9.17, 15) is 0 Å². The Labute approximate surface area is 311 Å². The quantitative estimate of drug-likeness (QED) is 0.158. The van der Waals surface area contributed by atoms with Crippen molar-refractivity contribution in [2.24, 2.45) is 0 Å². The van der Waals surface area contributed by atoms with E-state index in [1.165, 1.54) is 104 Å². The molecule has 1 fully saturated rings. The Hall–Kier alpha value is -3.58. The normalized spacial score (nSPS) is 16.1. The summed E-state index contributed by atoms with van der Waals surface area (Å²) in [5.74, 6) is 0.596. The van der Waals surface area contributed by atoms with Crippen LogP contribution in [0.5, 0.6) is 0 Å². The first-order valence-corrected chi connectivity index (χ1v) is 29.9. The zero-order valence-electron chi connectivity index (χ0n) is 32.4. The van der Waals surface area contributed by atoms with Gasteiger partial charge in [-0.1, -0.05) is 148 Å². The molecule has 0 amide bonds. The van der Waals surface area contributed by atoms with Crippen molar-refractivity contribution in [2.45, 2.75) is 96.9 Å². The first-order chi connectivity index (χ1) is 24.2. The Balaban J connectivity index is 1.48. The van der Waals surface area contributed by atoms with Crippen molar-refractivity contribution in [1.82, 2.24) is 0 Å². The standard InChI is InChI=1S/C45H55BN2Si3/c1-49(2,3)36-22-20-35(21-23-36)48-42-27-25-38(51(7,8)9)31-40(42)46-39-30-37(50(4,5)6)24-26-41(39)47(34-18-14-11-15-19-34)43-28-33(29-44(48)45(43)46)32-16-12-10-13-17-32/h11,14-15,18-32H,10,12-13,16-17H2,1-9H3. The Morgan fingerprint density at radius 2 is 0.922 bits per heavy atom. The van der Waals surface area contributed by atoms with Crippen molar-refractivity contribution in [2.75, 3.05) is 9.80 Å². The van der Waals surface area contributed by atoms with Crippen molar-refractivity contribution in [1.29, 1.82) is 0 Å². The van der Waals surface area contributed by atoms with Gasteiger partial charge in [0.05, 0.1) is 24.2 Å². The van der Waals surface area contributed by atoms with Gasteiger partial charge in [0, 0.05) is 34.1 Å². The lowest BCUT2D eigenvalue weighted by Crippen LogP contribution is -2.63. The first kappa shape index (κ1) is 34.5. The number of hydrogen-bond acceptors (Lipinski definition) is 2. The fourth-order valence-electron chi connectivity index (χ4n) is 8.88. The van der Waals surface area contributed by atoms with Crippen LogP contribution < -0.4 is 41.7 Å². The molecule has 0 bridgehead atoms. The number of anilines is 6. The molecule has 0 aromatic heterocycles. The summed E-state index contributed by atoms with van der Waals surface area (Å²) < 4.78 is 0. The molecule has 260 valence electrons. The van der Waals surface area contributed by atoms with E-state index in [4.69, 9.17) is 0 Å². The van der Waals surface area contributed by atoms with Crippen molar-refractivity contribution in [3.63, 3.8) is 0 Å². The molecule has 5 aromatic rings. The molecule has 51 heavy (non-hydrogen) atoms. The Bertz CT molecular complexity index is 2100. The van der Waals surface area contributed by atoms with E-state index in [0.29, 0.717) is 5.92 Å². The van der Waals surface area contributed by atoms with Crippen LogP contribution in [-0.2, 0) is 0 Å². The lowest BCUT2D eigenvalue weighted by molar-refractivity contribution is 0.444. The molecule has 1 saturated carbocycles. The van der Waals surface area contributed by atoms with Crippen LogP contribution >= 0.6 is 0 Å². The smallest absolute Gasteiger partial charge is 0.252 e. The summed E-state index contributed by atoms with van der Waals surface area (Å²) >= 11 is 0. The van der Waals surface area contributed by atoms with Crippen molar-refractivity contribution >= 4 is 97.0 Å². The van der Waals surface area contributed by atoms with Crippen molar-refractivity contribution < 1.29 is 0 Å². The van der Waals surface area contributed by atoms with E-state index in [-0.39, 0.29) is 6.71 Å². The third-order valence-electron chi connectivity index (χ3n) is 11.9. The molecule has 0 atom stereocenters. The van der Waals surface area contributed by atoms with Gasteiger partial charge in [0.2, 0.25) is 0 Å². The van der Waals surface area contributed by atoms with Gasteiger partial charge in [0.15, 0.2) is 0 Å². The second-order valence-electron chi connectivity index (χ2n) is 18.6. The zero-order valence-corrected chi connectivity index (χ0v) is 35.4. The number of fused-ring (bicyclic) bond motifs is 4. The molecular formula is C45H55BN2Si3. The first-order valence-electron chi connectivity index (χ1n) is 19.4. The fourth-order valence-corrected chi connectivity index (χ4v) is 12.4. The van der Waals surface area contributed by atoms with Gasteiger partial charge in [-0.2, -0.15) is 0 Å². The van der Waals surface area contributed by atoms with Crippen LogP contribution in [0.2, 0.25) is 58.9 Å².